The van der Waals surface area contributed by atoms with Crippen molar-refractivity contribution in [3.05, 3.63) is 18.0 Å². The van der Waals surface area contributed by atoms with Crippen molar-refractivity contribution in [2.75, 3.05) is 25.1 Å². The summed E-state index contributed by atoms with van der Waals surface area (Å²) in [5, 5.41) is 11.4. The Morgan fingerprint density at radius 2 is 2.50 bits per heavy atom. The summed E-state index contributed by atoms with van der Waals surface area (Å²) in [6.07, 6.45) is 1.48. The van der Waals surface area contributed by atoms with Crippen LogP contribution in [0.15, 0.2) is 12.3 Å². The Morgan fingerprint density at radius 3 is 3.19 bits per heavy atom. The predicted molar refractivity (Wildman–Crippen MR) is 55.3 cm³/mol. The van der Waals surface area contributed by atoms with Crippen LogP contribution in [0.3, 0.4) is 0 Å². The lowest BCUT2D eigenvalue weighted by Crippen LogP contribution is -2.21. The Hall–Kier alpha value is -2.20. The second-order valence-electron chi connectivity index (χ2n) is 2.82. The minimum absolute atomic E-state index is 0.110. The Balaban J connectivity index is 2.27. The molecule has 1 heterocycles. The van der Waals surface area contributed by atoms with Gasteiger partial charge in [0, 0.05) is 12.7 Å². The van der Waals surface area contributed by atoms with Crippen LogP contribution in [0.4, 0.5) is 5.95 Å². The number of nitrogens with one attached hydrogen (secondary N) is 1. The van der Waals surface area contributed by atoms with Gasteiger partial charge < -0.3 is 15.8 Å². The SMILES string of the molecule is N#Cc1ccnc(NCCOCC(N)=O)n1. The maximum atomic E-state index is 10.3. The van der Waals surface area contributed by atoms with Crippen molar-refractivity contribution in [1.29, 1.82) is 5.26 Å². The second-order valence-corrected chi connectivity index (χ2v) is 2.82. The van der Waals surface area contributed by atoms with E-state index in [2.05, 4.69) is 15.3 Å². The number of aromatic nitrogens is 2. The minimum Gasteiger partial charge on any atom is -0.370 e. The third-order valence-corrected chi connectivity index (χ3v) is 1.54. The van der Waals surface area contributed by atoms with Gasteiger partial charge in [-0.05, 0) is 6.07 Å². The molecule has 7 heteroatoms. The third kappa shape index (κ3) is 4.34. The first-order chi connectivity index (χ1) is 7.72. The number of nitrogens with two attached hydrogens (primary N) is 1. The summed E-state index contributed by atoms with van der Waals surface area (Å²) in [5.74, 6) is -0.163. The number of carbonyl (C=O) groups excluding carboxylic acids is 1. The van der Waals surface area contributed by atoms with Gasteiger partial charge in [-0.2, -0.15) is 5.26 Å². The molecule has 1 amide bonds. The molecule has 0 aromatic carbocycles. The van der Waals surface area contributed by atoms with Gasteiger partial charge in [0.2, 0.25) is 11.9 Å². The molecule has 0 radical (unpaired) electrons. The lowest BCUT2D eigenvalue weighted by atomic mass is 10.4. The fourth-order valence-electron chi connectivity index (χ4n) is 0.914. The monoisotopic (exact) mass is 221 g/mol. The van der Waals surface area contributed by atoms with E-state index in [1.54, 1.807) is 0 Å². The van der Waals surface area contributed by atoms with Crippen molar-refractivity contribution < 1.29 is 9.53 Å². The first-order valence-corrected chi connectivity index (χ1v) is 4.55. The van der Waals surface area contributed by atoms with E-state index in [-0.39, 0.29) is 12.3 Å². The summed E-state index contributed by atoms with van der Waals surface area (Å²) in [7, 11) is 0. The minimum atomic E-state index is -0.511. The highest BCUT2D eigenvalue weighted by atomic mass is 16.5. The van der Waals surface area contributed by atoms with Crippen LogP contribution < -0.4 is 11.1 Å². The van der Waals surface area contributed by atoms with E-state index in [1.807, 2.05) is 6.07 Å². The van der Waals surface area contributed by atoms with Crippen molar-refractivity contribution >= 4 is 11.9 Å². The number of amides is 1. The number of carbonyl (C=O) groups is 1. The average molecular weight is 221 g/mol. The van der Waals surface area contributed by atoms with Gasteiger partial charge in [-0.15, -0.1) is 0 Å². The number of ether oxygens (including phenoxy) is 1. The van der Waals surface area contributed by atoms with Gasteiger partial charge >= 0.3 is 0 Å². The third-order valence-electron chi connectivity index (χ3n) is 1.54. The molecule has 3 N–H and O–H groups in total. The summed E-state index contributed by atoms with van der Waals surface area (Å²) < 4.78 is 4.92. The molecule has 7 nitrogen and oxygen atoms in total. The maximum absolute atomic E-state index is 10.3. The largest absolute Gasteiger partial charge is 0.370 e. The molecule has 0 aliphatic heterocycles. The Kier molecular flexibility index (Phi) is 4.69. The second kappa shape index (κ2) is 6.31. The number of primary amides is 1. The van der Waals surface area contributed by atoms with Crippen LogP contribution in [0, 0.1) is 11.3 Å². The van der Waals surface area contributed by atoms with Gasteiger partial charge in [0.15, 0.2) is 0 Å². The van der Waals surface area contributed by atoms with Crippen molar-refractivity contribution in [2.45, 2.75) is 0 Å². The Bertz CT molecular complexity index is 401. The molecule has 0 bridgehead atoms. The molecule has 84 valence electrons. The molecule has 1 aromatic heterocycles. The molecule has 0 unspecified atom stereocenters. The van der Waals surface area contributed by atoms with Crippen molar-refractivity contribution in [3.8, 4) is 6.07 Å². The lowest BCUT2D eigenvalue weighted by Gasteiger charge is -2.04. The van der Waals surface area contributed by atoms with E-state index in [1.165, 1.54) is 12.3 Å². The van der Waals surface area contributed by atoms with Crippen LogP contribution in [-0.4, -0.2) is 35.6 Å². The van der Waals surface area contributed by atoms with Gasteiger partial charge in [-0.1, -0.05) is 0 Å². The Morgan fingerprint density at radius 1 is 1.69 bits per heavy atom. The summed E-state index contributed by atoms with van der Waals surface area (Å²) >= 11 is 0. The number of rotatable bonds is 6. The summed E-state index contributed by atoms with van der Waals surface area (Å²) in [6.45, 7) is 0.631. The normalized spacial score (nSPS) is 9.44. The van der Waals surface area contributed by atoms with Crippen LogP contribution in [0.25, 0.3) is 0 Å². The zero-order chi connectivity index (χ0) is 11.8. The average Bonchev–Trinajstić information content (AvgIpc) is 2.28. The highest BCUT2D eigenvalue weighted by molar-refractivity contribution is 5.74. The fraction of sp³-hybridized carbons (Fsp3) is 0.333. The molecule has 0 spiro atoms. The van der Waals surface area contributed by atoms with E-state index < -0.39 is 5.91 Å². The first-order valence-electron chi connectivity index (χ1n) is 4.55. The van der Waals surface area contributed by atoms with Crippen LogP contribution in [0.2, 0.25) is 0 Å². The van der Waals surface area contributed by atoms with Crippen LogP contribution in [0.5, 0.6) is 0 Å². The molecule has 1 rings (SSSR count). The zero-order valence-electron chi connectivity index (χ0n) is 8.51. The molecular formula is C9H11N5O2. The summed E-state index contributed by atoms with van der Waals surface area (Å²) in [6, 6.07) is 3.41. The van der Waals surface area contributed by atoms with E-state index in [0.717, 1.165) is 0 Å². The molecule has 0 aliphatic rings. The molecule has 0 aliphatic carbocycles. The number of nitriles is 1. The summed E-state index contributed by atoms with van der Waals surface area (Å²) in [4.78, 5) is 18.1. The topological polar surface area (TPSA) is 114 Å². The number of anilines is 1. The molecular weight excluding hydrogens is 210 g/mol. The quantitative estimate of drug-likeness (QED) is 0.611. The van der Waals surface area contributed by atoms with Crippen LogP contribution in [0.1, 0.15) is 5.69 Å². The van der Waals surface area contributed by atoms with E-state index in [9.17, 15) is 4.79 Å². The predicted octanol–water partition coefficient (Wildman–Crippen LogP) is -0.738. The van der Waals surface area contributed by atoms with Crippen LogP contribution in [-0.2, 0) is 9.53 Å². The molecule has 0 atom stereocenters. The molecule has 0 saturated carbocycles. The smallest absolute Gasteiger partial charge is 0.243 e. The van der Waals surface area contributed by atoms with Gasteiger partial charge in [-0.3, -0.25) is 4.79 Å². The van der Waals surface area contributed by atoms with E-state index >= 15 is 0 Å². The number of hydrogen-bond acceptors (Lipinski definition) is 6. The zero-order valence-corrected chi connectivity index (χ0v) is 8.51. The van der Waals surface area contributed by atoms with E-state index in [4.69, 9.17) is 15.7 Å². The van der Waals surface area contributed by atoms with Crippen LogP contribution >= 0.6 is 0 Å². The molecule has 0 fully saturated rings. The highest BCUT2D eigenvalue weighted by Gasteiger charge is 1.98. The fourth-order valence-corrected chi connectivity index (χ4v) is 0.914. The molecule has 1 aromatic rings. The highest BCUT2D eigenvalue weighted by Crippen LogP contribution is 1.97. The van der Waals surface area contributed by atoms with E-state index in [0.29, 0.717) is 19.1 Å². The molecule has 16 heavy (non-hydrogen) atoms. The maximum Gasteiger partial charge on any atom is 0.243 e. The van der Waals surface area contributed by atoms with Crippen molar-refractivity contribution in [1.82, 2.24) is 9.97 Å². The standard InChI is InChI=1S/C9H11N5O2/c10-5-7-1-2-12-9(14-7)13-3-4-16-6-8(11)15/h1-2H,3-4,6H2,(H2,11,15)(H,12,13,14). The van der Waals surface area contributed by atoms with Gasteiger partial charge in [0.25, 0.3) is 0 Å². The number of hydrogen-bond donors (Lipinski definition) is 2. The number of nitrogens with zero attached hydrogens (tertiary/aromatic N) is 3. The Labute approximate surface area is 92.3 Å². The van der Waals surface area contributed by atoms with Gasteiger partial charge in [0.05, 0.1) is 6.61 Å². The summed E-state index contributed by atoms with van der Waals surface area (Å²) in [5.41, 5.74) is 5.17. The van der Waals surface area contributed by atoms with Gasteiger partial charge in [-0.25, -0.2) is 9.97 Å². The van der Waals surface area contributed by atoms with Gasteiger partial charge in [0.1, 0.15) is 18.4 Å². The van der Waals surface area contributed by atoms with Crippen molar-refractivity contribution in [3.63, 3.8) is 0 Å². The van der Waals surface area contributed by atoms with Crippen molar-refractivity contribution in [2.24, 2.45) is 5.73 Å². The first kappa shape index (κ1) is 11.9. The molecule has 0 saturated heterocycles. The lowest BCUT2D eigenvalue weighted by molar-refractivity contribution is -0.122.